The first-order valence-corrected chi connectivity index (χ1v) is 13.1. The molecule has 3 fully saturated rings. The van der Waals surface area contributed by atoms with Crippen LogP contribution >= 0.6 is 0 Å². The summed E-state index contributed by atoms with van der Waals surface area (Å²) in [7, 11) is 1.89. The van der Waals surface area contributed by atoms with Crippen molar-refractivity contribution >= 4 is 17.4 Å². The smallest absolute Gasteiger partial charge is 0.248 e. The minimum atomic E-state index is -0.422. The molecule has 4 aromatic heterocycles. The Morgan fingerprint density at radius 3 is 2.46 bits per heavy atom. The van der Waals surface area contributed by atoms with Crippen LogP contribution in [0.2, 0.25) is 0 Å². The third kappa shape index (κ3) is 3.61. The maximum atomic E-state index is 12.4. The van der Waals surface area contributed by atoms with Crippen LogP contribution in [0.4, 0.5) is 5.82 Å². The number of hydrogen-bond acceptors (Lipinski definition) is 7. The molecule has 37 heavy (non-hydrogen) atoms. The molecule has 3 N–H and O–H groups in total. The van der Waals surface area contributed by atoms with Crippen LogP contribution in [0.3, 0.4) is 0 Å². The zero-order valence-corrected chi connectivity index (χ0v) is 20.8. The number of carbonyl (C=O) groups excluding carboxylic acids is 1. The van der Waals surface area contributed by atoms with Gasteiger partial charge in [-0.1, -0.05) is 6.07 Å². The summed E-state index contributed by atoms with van der Waals surface area (Å²) in [4.78, 5) is 24.2. The zero-order chi connectivity index (χ0) is 25.3. The molecule has 3 aliphatic rings. The number of nitrogens with two attached hydrogens (primary N) is 1. The maximum absolute atomic E-state index is 12.4. The van der Waals surface area contributed by atoms with Gasteiger partial charge >= 0.3 is 0 Å². The number of rotatable bonds is 5. The molecule has 6 heterocycles. The van der Waals surface area contributed by atoms with Crippen LogP contribution in [0.5, 0.6) is 0 Å². The lowest BCUT2D eigenvalue weighted by Crippen LogP contribution is -2.47. The van der Waals surface area contributed by atoms with Gasteiger partial charge in [-0.15, -0.1) is 0 Å². The Bertz CT molecular complexity index is 1490. The highest BCUT2D eigenvalue weighted by Crippen LogP contribution is 2.50. The summed E-state index contributed by atoms with van der Waals surface area (Å²) in [6, 6.07) is 6.25. The monoisotopic (exact) mass is 498 g/mol. The van der Waals surface area contributed by atoms with Gasteiger partial charge < -0.3 is 15.7 Å². The number of aromatic nitrogens is 6. The number of fused-ring (bicyclic) bond motifs is 3. The van der Waals surface area contributed by atoms with E-state index in [4.69, 9.17) is 10.7 Å². The number of amides is 1. The second kappa shape index (κ2) is 8.37. The molecule has 2 unspecified atom stereocenters. The lowest BCUT2D eigenvalue weighted by atomic mass is 9.85. The van der Waals surface area contributed by atoms with Gasteiger partial charge in [-0.2, -0.15) is 14.7 Å². The zero-order valence-electron chi connectivity index (χ0n) is 20.8. The fraction of sp³-hybridized carbons (Fsp3) is 0.444. The van der Waals surface area contributed by atoms with Gasteiger partial charge in [0.2, 0.25) is 5.91 Å². The fourth-order valence-electron chi connectivity index (χ4n) is 6.50. The van der Waals surface area contributed by atoms with E-state index < -0.39 is 6.61 Å². The summed E-state index contributed by atoms with van der Waals surface area (Å²) in [6.45, 7) is -0.422. The minimum absolute atomic E-state index is 0.155. The van der Waals surface area contributed by atoms with E-state index in [9.17, 15) is 9.90 Å². The normalized spacial score (nSPS) is 23.2. The van der Waals surface area contributed by atoms with Crippen molar-refractivity contribution in [2.75, 3.05) is 12.3 Å². The molecule has 190 valence electrons. The van der Waals surface area contributed by atoms with Gasteiger partial charge in [0.15, 0.2) is 5.65 Å². The van der Waals surface area contributed by atoms with E-state index in [0.29, 0.717) is 11.7 Å². The van der Waals surface area contributed by atoms with Crippen LogP contribution in [0.25, 0.3) is 28.2 Å². The molecule has 2 saturated heterocycles. The molecule has 0 radical (unpaired) electrons. The molecule has 7 rings (SSSR count). The molecule has 1 aliphatic carbocycles. The van der Waals surface area contributed by atoms with Crippen molar-refractivity contribution in [3.63, 3.8) is 0 Å². The third-order valence-electron chi connectivity index (χ3n) is 8.33. The molecular weight excluding hydrogens is 468 g/mol. The molecule has 0 spiro atoms. The van der Waals surface area contributed by atoms with Crippen molar-refractivity contribution in [2.24, 2.45) is 7.05 Å². The molecule has 4 aromatic rings. The highest BCUT2D eigenvalue weighted by atomic mass is 16.3. The van der Waals surface area contributed by atoms with Gasteiger partial charge in [0, 0.05) is 54.1 Å². The standard InChI is InChI=1S/C27H30N8O2/c1-33-9-8-22(32-33)21-7-4-16(12-29-21)20-13-30-35-26(28)24(15-2-3-15)25(31-27(20)35)17-10-18-5-6-19(11-17)34(18)23(37)14-36/h4,7-9,12-13,15,17-19,36H,2-3,5-6,10-11,14,28H2,1H3. The first kappa shape index (κ1) is 22.4. The van der Waals surface area contributed by atoms with E-state index in [1.807, 2.05) is 48.7 Å². The van der Waals surface area contributed by atoms with E-state index in [1.165, 1.54) is 0 Å². The highest BCUT2D eigenvalue weighted by molar-refractivity contribution is 5.80. The van der Waals surface area contributed by atoms with Crippen molar-refractivity contribution in [3.05, 3.63) is 48.0 Å². The number of nitrogen functional groups attached to an aromatic ring is 1. The molecular formula is C27H30N8O2. The Morgan fingerprint density at radius 1 is 1.05 bits per heavy atom. The predicted molar refractivity (Wildman–Crippen MR) is 138 cm³/mol. The number of anilines is 1. The van der Waals surface area contributed by atoms with Crippen LogP contribution < -0.4 is 5.73 Å². The summed E-state index contributed by atoms with van der Waals surface area (Å²) in [5.74, 6) is 1.17. The van der Waals surface area contributed by atoms with Crippen LogP contribution in [0.15, 0.2) is 36.8 Å². The average Bonchev–Trinajstić information content (AvgIpc) is 3.40. The number of piperidine rings is 1. The molecule has 1 amide bonds. The van der Waals surface area contributed by atoms with Crippen molar-refractivity contribution < 1.29 is 9.90 Å². The van der Waals surface area contributed by atoms with E-state index in [1.54, 1.807) is 9.20 Å². The van der Waals surface area contributed by atoms with Gasteiger partial charge in [0.25, 0.3) is 0 Å². The number of hydrogen-bond donors (Lipinski definition) is 2. The second-order valence-corrected chi connectivity index (χ2v) is 10.7. The van der Waals surface area contributed by atoms with E-state index in [-0.39, 0.29) is 23.9 Å². The first-order chi connectivity index (χ1) is 18.0. The van der Waals surface area contributed by atoms with Crippen LogP contribution in [-0.2, 0) is 11.8 Å². The molecule has 2 bridgehead atoms. The van der Waals surface area contributed by atoms with Crippen LogP contribution in [0, 0.1) is 0 Å². The third-order valence-corrected chi connectivity index (χ3v) is 8.33. The Morgan fingerprint density at radius 2 is 1.84 bits per heavy atom. The Labute approximate surface area is 214 Å². The van der Waals surface area contributed by atoms with Gasteiger partial charge in [0.05, 0.1) is 17.6 Å². The summed E-state index contributed by atoms with van der Waals surface area (Å²) < 4.78 is 3.54. The molecule has 0 aromatic carbocycles. The topological polar surface area (TPSA) is 127 Å². The van der Waals surface area contributed by atoms with Crippen molar-refractivity contribution in [3.8, 4) is 22.5 Å². The number of aryl methyl sites for hydroxylation is 1. The van der Waals surface area contributed by atoms with Crippen LogP contribution in [-0.4, -0.2) is 64.0 Å². The van der Waals surface area contributed by atoms with E-state index >= 15 is 0 Å². The number of nitrogens with zero attached hydrogens (tertiary/aromatic N) is 7. The molecule has 1 saturated carbocycles. The minimum Gasteiger partial charge on any atom is -0.387 e. The van der Waals surface area contributed by atoms with Crippen molar-refractivity contribution in [2.45, 2.75) is 62.4 Å². The maximum Gasteiger partial charge on any atom is 0.248 e. The Balaban J connectivity index is 1.28. The van der Waals surface area contributed by atoms with Crippen molar-refractivity contribution in [1.29, 1.82) is 0 Å². The summed E-state index contributed by atoms with van der Waals surface area (Å²) >= 11 is 0. The largest absolute Gasteiger partial charge is 0.387 e. The number of aliphatic hydroxyl groups is 1. The van der Waals surface area contributed by atoms with Crippen LogP contribution in [0.1, 0.15) is 61.6 Å². The predicted octanol–water partition coefficient (Wildman–Crippen LogP) is 2.88. The van der Waals surface area contributed by atoms with E-state index in [0.717, 1.165) is 77.9 Å². The summed E-state index contributed by atoms with van der Waals surface area (Å²) in [6.07, 6.45) is 11.5. The number of pyridine rings is 1. The molecule has 10 nitrogen and oxygen atoms in total. The summed E-state index contributed by atoms with van der Waals surface area (Å²) in [5.41, 5.74) is 13.2. The summed E-state index contributed by atoms with van der Waals surface area (Å²) in [5, 5.41) is 18.5. The lowest BCUT2D eigenvalue weighted by molar-refractivity contribution is -0.138. The van der Waals surface area contributed by atoms with Gasteiger partial charge in [-0.25, -0.2) is 4.98 Å². The fourth-order valence-corrected chi connectivity index (χ4v) is 6.50. The van der Waals surface area contributed by atoms with E-state index in [2.05, 4.69) is 15.2 Å². The second-order valence-electron chi connectivity index (χ2n) is 10.7. The molecule has 10 heteroatoms. The van der Waals surface area contributed by atoms with Gasteiger partial charge in [-0.05, 0) is 56.6 Å². The molecule has 2 aliphatic heterocycles. The average molecular weight is 499 g/mol. The Hall–Kier alpha value is -3.79. The Kier molecular flexibility index (Phi) is 5.07. The first-order valence-electron chi connectivity index (χ1n) is 13.1. The number of aliphatic hydroxyl groups excluding tert-OH is 1. The van der Waals surface area contributed by atoms with Gasteiger partial charge in [0.1, 0.15) is 18.1 Å². The number of carbonyl (C=O) groups is 1. The SMILES string of the molecule is Cn1ccc(-c2ccc(-c3cnn4c(N)c(C5CC5)c(C5CC6CCC(C5)N6C(=O)CO)nc34)cn2)n1. The van der Waals surface area contributed by atoms with Crippen molar-refractivity contribution in [1.82, 2.24) is 34.3 Å². The quantitative estimate of drug-likeness (QED) is 0.433. The highest BCUT2D eigenvalue weighted by Gasteiger charge is 2.45. The lowest BCUT2D eigenvalue weighted by Gasteiger charge is -2.39. The molecule has 2 atom stereocenters. The van der Waals surface area contributed by atoms with Gasteiger partial charge in [-0.3, -0.25) is 14.5 Å².